The first-order valence-corrected chi connectivity index (χ1v) is 7.33. The fourth-order valence-corrected chi connectivity index (χ4v) is 2.52. The SMILES string of the molecule is CCOC(=O)C(N)(CSC(C)CO)c1ccccc1. The molecule has 0 amide bonds. The quantitative estimate of drug-likeness (QED) is 0.742. The molecular weight excluding hydrogens is 262 g/mol. The highest BCUT2D eigenvalue weighted by atomic mass is 32.2. The zero-order valence-electron chi connectivity index (χ0n) is 11.3. The molecule has 1 rings (SSSR count). The third-order valence-electron chi connectivity index (χ3n) is 2.78. The van der Waals surface area contributed by atoms with Crippen LogP contribution in [0.2, 0.25) is 0 Å². The monoisotopic (exact) mass is 283 g/mol. The average molecular weight is 283 g/mol. The number of aliphatic hydroxyl groups is 1. The van der Waals surface area contributed by atoms with E-state index in [0.29, 0.717) is 12.4 Å². The van der Waals surface area contributed by atoms with Crippen molar-refractivity contribution in [2.24, 2.45) is 5.73 Å². The molecule has 3 N–H and O–H groups in total. The first kappa shape index (κ1) is 16.0. The number of esters is 1. The maximum atomic E-state index is 12.1. The van der Waals surface area contributed by atoms with Gasteiger partial charge in [0.05, 0.1) is 13.2 Å². The van der Waals surface area contributed by atoms with Crippen LogP contribution < -0.4 is 5.73 Å². The lowest BCUT2D eigenvalue weighted by molar-refractivity contribution is -0.149. The van der Waals surface area contributed by atoms with E-state index < -0.39 is 11.5 Å². The number of rotatable bonds is 7. The van der Waals surface area contributed by atoms with E-state index in [4.69, 9.17) is 15.6 Å². The van der Waals surface area contributed by atoms with Crippen LogP contribution in [0.15, 0.2) is 30.3 Å². The number of thioether (sulfide) groups is 1. The van der Waals surface area contributed by atoms with E-state index in [0.717, 1.165) is 5.56 Å². The van der Waals surface area contributed by atoms with Gasteiger partial charge in [-0.05, 0) is 12.5 Å². The number of aliphatic hydroxyl groups excluding tert-OH is 1. The molecule has 4 nitrogen and oxygen atoms in total. The van der Waals surface area contributed by atoms with Gasteiger partial charge in [-0.1, -0.05) is 37.3 Å². The Balaban J connectivity index is 2.93. The average Bonchev–Trinajstić information content (AvgIpc) is 2.45. The molecule has 0 aliphatic heterocycles. The Labute approximate surface area is 118 Å². The van der Waals surface area contributed by atoms with Crippen molar-refractivity contribution < 1.29 is 14.6 Å². The van der Waals surface area contributed by atoms with Crippen LogP contribution in [0.5, 0.6) is 0 Å². The van der Waals surface area contributed by atoms with Gasteiger partial charge in [-0.15, -0.1) is 0 Å². The molecule has 0 heterocycles. The van der Waals surface area contributed by atoms with Gasteiger partial charge in [-0.25, -0.2) is 4.79 Å². The molecule has 1 aromatic carbocycles. The standard InChI is InChI=1S/C14H21NO3S/c1-3-18-13(17)14(15,10-19-11(2)9-16)12-7-5-4-6-8-12/h4-8,11,16H,3,9-10,15H2,1-2H3. The van der Waals surface area contributed by atoms with Crippen molar-refractivity contribution in [3.8, 4) is 0 Å². The molecule has 0 bridgehead atoms. The number of hydrogen-bond acceptors (Lipinski definition) is 5. The lowest BCUT2D eigenvalue weighted by Crippen LogP contribution is -2.48. The van der Waals surface area contributed by atoms with E-state index in [1.54, 1.807) is 6.92 Å². The third kappa shape index (κ3) is 4.23. The third-order valence-corrected chi connectivity index (χ3v) is 4.12. The Morgan fingerprint density at radius 2 is 2.11 bits per heavy atom. The normalized spacial score (nSPS) is 15.6. The fraction of sp³-hybridized carbons (Fsp3) is 0.500. The molecule has 2 atom stereocenters. The van der Waals surface area contributed by atoms with Gasteiger partial charge >= 0.3 is 5.97 Å². The van der Waals surface area contributed by atoms with Gasteiger partial charge in [-0.3, -0.25) is 0 Å². The van der Waals surface area contributed by atoms with Crippen molar-refractivity contribution in [3.63, 3.8) is 0 Å². The Morgan fingerprint density at radius 3 is 2.63 bits per heavy atom. The van der Waals surface area contributed by atoms with Crippen LogP contribution >= 0.6 is 11.8 Å². The van der Waals surface area contributed by atoms with Gasteiger partial charge in [0.1, 0.15) is 5.54 Å². The smallest absolute Gasteiger partial charge is 0.331 e. The summed E-state index contributed by atoms with van der Waals surface area (Å²) in [5.74, 6) is -0.0590. The first-order valence-electron chi connectivity index (χ1n) is 6.28. The molecule has 0 aliphatic rings. The molecule has 0 saturated heterocycles. The van der Waals surface area contributed by atoms with Crippen LogP contribution in [0.25, 0.3) is 0 Å². The highest BCUT2D eigenvalue weighted by Gasteiger charge is 2.37. The van der Waals surface area contributed by atoms with Crippen LogP contribution in [-0.4, -0.2) is 35.3 Å². The van der Waals surface area contributed by atoms with Crippen LogP contribution in [0.4, 0.5) is 0 Å². The van der Waals surface area contributed by atoms with Crippen LogP contribution in [0.3, 0.4) is 0 Å². The van der Waals surface area contributed by atoms with Crippen molar-refractivity contribution in [1.29, 1.82) is 0 Å². The summed E-state index contributed by atoms with van der Waals surface area (Å²) in [6, 6.07) is 9.20. The molecule has 106 valence electrons. The van der Waals surface area contributed by atoms with Gasteiger partial charge in [-0.2, -0.15) is 11.8 Å². The summed E-state index contributed by atoms with van der Waals surface area (Å²) in [7, 11) is 0. The van der Waals surface area contributed by atoms with Gasteiger partial charge in [0.15, 0.2) is 0 Å². The van der Waals surface area contributed by atoms with E-state index in [9.17, 15) is 4.79 Å². The summed E-state index contributed by atoms with van der Waals surface area (Å²) in [5.41, 5.74) is 5.83. The Hall–Kier alpha value is -1.04. The highest BCUT2D eigenvalue weighted by molar-refractivity contribution is 8.00. The summed E-state index contributed by atoms with van der Waals surface area (Å²) in [6.45, 7) is 4.00. The predicted octanol–water partition coefficient (Wildman–Crippen LogP) is 1.52. The molecule has 0 fully saturated rings. The summed E-state index contributed by atoms with van der Waals surface area (Å²) in [5, 5.41) is 9.10. The maximum absolute atomic E-state index is 12.1. The second-order valence-electron chi connectivity index (χ2n) is 4.36. The number of nitrogens with two attached hydrogens (primary N) is 1. The van der Waals surface area contributed by atoms with Crippen molar-refractivity contribution in [2.75, 3.05) is 19.0 Å². The van der Waals surface area contributed by atoms with Crippen molar-refractivity contribution in [3.05, 3.63) is 35.9 Å². The number of benzene rings is 1. The van der Waals surface area contributed by atoms with Crippen molar-refractivity contribution in [1.82, 2.24) is 0 Å². The van der Waals surface area contributed by atoms with E-state index in [1.807, 2.05) is 37.3 Å². The van der Waals surface area contributed by atoms with E-state index in [1.165, 1.54) is 11.8 Å². The number of carbonyl (C=O) groups is 1. The molecule has 0 radical (unpaired) electrons. The lowest BCUT2D eigenvalue weighted by Gasteiger charge is -2.28. The highest BCUT2D eigenvalue weighted by Crippen LogP contribution is 2.26. The Bertz CT molecular complexity index is 399. The Morgan fingerprint density at radius 1 is 1.47 bits per heavy atom. The van der Waals surface area contributed by atoms with E-state index in [2.05, 4.69) is 0 Å². The largest absolute Gasteiger partial charge is 0.464 e. The molecule has 0 saturated carbocycles. The van der Waals surface area contributed by atoms with Crippen LogP contribution in [-0.2, 0) is 15.1 Å². The summed E-state index contributed by atoms with van der Waals surface area (Å²) >= 11 is 1.46. The van der Waals surface area contributed by atoms with Crippen molar-refractivity contribution >= 4 is 17.7 Å². The molecule has 0 spiro atoms. The van der Waals surface area contributed by atoms with Gasteiger partial charge in [0, 0.05) is 11.0 Å². The van der Waals surface area contributed by atoms with E-state index in [-0.39, 0.29) is 11.9 Å². The van der Waals surface area contributed by atoms with Gasteiger partial charge in [0.2, 0.25) is 0 Å². The van der Waals surface area contributed by atoms with Crippen LogP contribution in [0.1, 0.15) is 19.4 Å². The topological polar surface area (TPSA) is 72.5 Å². The predicted molar refractivity (Wildman–Crippen MR) is 77.9 cm³/mol. The zero-order valence-corrected chi connectivity index (χ0v) is 12.2. The van der Waals surface area contributed by atoms with Gasteiger partial charge in [0.25, 0.3) is 0 Å². The molecule has 0 aliphatic carbocycles. The summed E-state index contributed by atoms with van der Waals surface area (Å²) < 4.78 is 5.09. The number of ether oxygens (including phenoxy) is 1. The molecule has 19 heavy (non-hydrogen) atoms. The molecule has 1 aromatic rings. The van der Waals surface area contributed by atoms with Crippen LogP contribution in [0, 0.1) is 0 Å². The maximum Gasteiger partial charge on any atom is 0.331 e. The summed E-state index contributed by atoms with van der Waals surface area (Å²) in [6.07, 6.45) is 0. The number of carbonyl (C=O) groups excluding carboxylic acids is 1. The second kappa shape index (κ2) is 7.53. The second-order valence-corrected chi connectivity index (χ2v) is 5.79. The number of hydrogen-bond donors (Lipinski definition) is 2. The van der Waals surface area contributed by atoms with Crippen molar-refractivity contribution in [2.45, 2.75) is 24.6 Å². The molecule has 2 unspecified atom stereocenters. The van der Waals surface area contributed by atoms with Gasteiger partial charge < -0.3 is 15.6 Å². The molecule has 5 heteroatoms. The lowest BCUT2D eigenvalue weighted by atomic mass is 9.93. The fourth-order valence-electron chi connectivity index (χ4n) is 1.58. The minimum Gasteiger partial charge on any atom is -0.464 e. The Kier molecular flexibility index (Phi) is 6.34. The minimum absolute atomic E-state index is 0.0288. The first-order chi connectivity index (χ1) is 9.04. The zero-order chi connectivity index (χ0) is 14.3. The summed E-state index contributed by atoms with van der Waals surface area (Å²) in [4.78, 5) is 12.1. The molecule has 0 aromatic heterocycles. The van der Waals surface area contributed by atoms with E-state index >= 15 is 0 Å². The minimum atomic E-state index is -1.18. The molecular formula is C14H21NO3S.